The second kappa shape index (κ2) is 7.65. The van der Waals surface area contributed by atoms with E-state index in [9.17, 15) is 4.80 Å². The fourth-order valence-electron chi connectivity index (χ4n) is 2.52. The average molecular weight is 315 g/mol. The van der Waals surface area contributed by atoms with E-state index in [4.69, 9.17) is 0 Å². The molecule has 0 saturated carbocycles. The number of hydrogen-bond acceptors (Lipinski definition) is 1. The van der Waals surface area contributed by atoms with Gasteiger partial charge in [0.2, 0.25) is 0 Å². The van der Waals surface area contributed by atoms with Crippen LogP contribution >= 0.6 is 0 Å². The molecule has 0 atom stereocenters. The minimum atomic E-state index is -3.13. The second-order valence-corrected chi connectivity index (χ2v) is 7.87. The van der Waals surface area contributed by atoms with Gasteiger partial charge >= 0.3 is 51.4 Å². The third-order valence-corrected chi connectivity index (χ3v) is 6.98. The van der Waals surface area contributed by atoms with E-state index in [0.29, 0.717) is 0 Å². The molecule has 0 radical (unpaired) electrons. The van der Waals surface area contributed by atoms with Gasteiger partial charge in [0.25, 0.3) is 0 Å². The summed E-state index contributed by atoms with van der Waals surface area (Å²) in [6, 6.07) is 29.3. The van der Waals surface area contributed by atoms with Gasteiger partial charge < -0.3 is 4.80 Å². The maximum atomic E-state index is 13.8. The van der Waals surface area contributed by atoms with Crippen LogP contribution in [0.1, 0.15) is 0 Å². The molecule has 3 aromatic carbocycles. The van der Waals surface area contributed by atoms with E-state index in [-0.39, 0.29) is 51.4 Å². The van der Waals surface area contributed by atoms with Crippen molar-refractivity contribution in [3.05, 3.63) is 91.0 Å². The van der Waals surface area contributed by atoms with E-state index in [0.717, 1.165) is 15.6 Å². The van der Waals surface area contributed by atoms with Crippen molar-refractivity contribution in [3.8, 4) is 0 Å². The van der Waals surface area contributed by atoms with E-state index in [1.165, 1.54) is 0 Å². The minimum absolute atomic E-state index is 0. The summed E-state index contributed by atoms with van der Waals surface area (Å²) in [4.78, 5) is 13.8. The van der Waals surface area contributed by atoms with Crippen LogP contribution < -0.4 is 71.7 Å². The molecular weight excluding hydrogens is 299 g/mol. The van der Waals surface area contributed by atoms with Crippen LogP contribution in [0, 0.1) is 0 Å². The van der Waals surface area contributed by atoms with Gasteiger partial charge in [0, 0.05) is 0 Å². The van der Waals surface area contributed by atoms with Crippen LogP contribution in [-0.4, -0.2) is 8.32 Å². The third kappa shape index (κ3) is 3.46. The first-order chi connectivity index (χ1) is 9.82. The molecule has 0 saturated heterocycles. The van der Waals surface area contributed by atoms with Crippen LogP contribution in [0.2, 0.25) is 0 Å². The SMILES string of the molecule is [K+].[O-][Si](c1ccccc1)(c1ccccc1)c1ccccc1. The molecule has 3 rings (SSSR count). The van der Waals surface area contributed by atoms with Crippen LogP contribution in [0.5, 0.6) is 0 Å². The Labute approximate surface area is 169 Å². The zero-order chi connectivity index (χ0) is 13.8. The van der Waals surface area contributed by atoms with Gasteiger partial charge in [-0.2, -0.15) is 0 Å². The van der Waals surface area contributed by atoms with Gasteiger partial charge in [-0.3, -0.25) is 0 Å². The third-order valence-electron chi connectivity index (χ3n) is 3.54. The zero-order valence-electron chi connectivity index (χ0n) is 12.1. The molecule has 0 aromatic heterocycles. The summed E-state index contributed by atoms with van der Waals surface area (Å²) < 4.78 is 0. The summed E-state index contributed by atoms with van der Waals surface area (Å²) in [5.41, 5.74) is 0. The molecule has 0 N–H and O–H groups in total. The van der Waals surface area contributed by atoms with Crippen molar-refractivity contribution in [1.82, 2.24) is 0 Å². The van der Waals surface area contributed by atoms with Crippen molar-refractivity contribution < 1.29 is 56.2 Å². The minimum Gasteiger partial charge on any atom is -0.848 e. The molecule has 3 aromatic rings. The van der Waals surface area contributed by atoms with Crippen LogP contribution in [0.25, 0.3) is 0 Å². The molecule has 0 amide bonds. The predicted octanol–water partition coefficient (Wildman–Crippen LogP) is -1.98. The van der Waals surface area contributed by atoms with Crippen molar-refractivity contribution in [1.29, 1.82) is 0 Å². The molecule has 0 aliphatic heterocycles. The molecule has 21 heavy (non-hydrogen) atoms. The number of hydrogen-bond donors (Lipinski definition) is 0. The van der Waals surface area contributed by atoms with Crippen molar-refractivity contribution in [2.45, 2.75) is 0 Å². The average Bonchev–Trinajstić information content (AvgIpc) is 2.56. The van der Waals surface area contributed by atoms with E-state index in [1.807, 2.05) is 91.0 Å². The molecule has 0 unspecified atom stereocenters. The van der Waals surface area contributed by atoms with Gasteiger partial charge in [0.1, 0.15) is 0 Å². The van der Waals surface area contributed by atoms with Crippen LogP contribution in [-0.2, 0) is 0 Å². The summed E-state index contributed by atoms with van der Waals surface area (Å²) in [6.45, 7) is 0. The molecule has 1 nitrogen and oxygen atoms in total. The Bertz CT molecular complexity index is 575. The van der Waals surface area contributed by atoms with Crippen molar-refractivity contribution in [2.75, 3.05) is 0 Å². The molecule has 3 heteroatoms. The van der Waals surface area contributed by atoms with E-state index in [1.54, 1.807) is 0 Å². The zero-order valence-corrected chi connectivity index (χ0v) is 16.2. The molecule has 0 aliphatic rings. The number of rotatable bonds is 3. The fraction of sp³-hybridized carbons (Fsp3) is 0. The Morgan fingerprint density at radius 3 is 0.952 bits per heavy atom. The first-order valence-corrected chi connectivity index (χ1v) is 8.59. The van der Waals surface area contributed by atoms with Crippen LogP contribution in [0.15, 0.2) is 91.0 Å². The molecular formula is C18H15KOSi. The normalized spacial score (nSPS) is 10.7. The molecule has 98 valence electrons. The molecule has 0 fully saturated rings. The Kier molecular flexibility index (Phi) is 6.13. The van der Waals surface area contributed by atoms with Gasteiger partial charge in [-0.15, -0.1) is 0 Å². The smallest absolute Gasteiger partial charge is 0.848 e. The van der Waals surface area contributed by atoms with Crippen molar-refractivity contribution >= 4 is 23.9 Å². The Morgan fingerprint density at radius 1 is 0.476 bits per heavy atom. The van der Waals surface area contributed by atoms with Gasteiger partial charge in [-0.05, 0) is 0 Å². The van der Waals surface area contributed by atoms with Crippen LogP contribution in [0.4, 0.5) is 0 Å². The maximum Gasteiger partial charge on any atom is 1.00 e. The summed E-state index contributed by atoms with van der Waals surface area (Å²) in [5.74, 6) is 0. The largest absolute Gasteiger partial charge is 1.00 e. The molecule has 0 heterocycles. The Balaban J connectivity index is 0.00000161. The quantitative estimate of drug-likeness (QED) is 0.406. The van der Waals surface area contributed by atoms with Gasteiger partial charge in [0.15, 0.2) is 0 Å². The maximum absolute atomic E-state index is 13.8. The fourth-order valence-corrected chi connectivity index (χ4v) is 5.50. The molecule has 0 bridgehead atoms. The van der Waals surface area contributed by atoms with Crippen molar-refractivity contribution in [3.63, 3.8) is 0 Å². The summed E-state index contributed by atoms with van der Waals surface area (Å²) >= 11 is 0. The molecule has 0 aliphatic carbocycles. The van der Waals surface area contributed by atoms with Crippen molar-refractivity contribution in [2.24, 2.45) is 0 Å². The number of benzene rings is 3. The first-order valence-electron chi connectivity index (χ1n) is 6.69. The Morgan fingerprint density at radius 2 is 0.714 bits per heavy atom. The van der Waals surface area contributed by atoms with Crippen LogP contribution in [0.3, 0.4) is 0 Å². The standard InChI is InChI=1S/C18H15OSi.K/c19-20(16-10-4-1-5-11-16,17-12-6-2-7-13-17)18-14-8-3-9-15-18;/h1-15H;/q-1;+1. The first kappa shape index (κ1) is 16.8. The predicted molar refractivity (Wildman–Crippen MR) is 84.0 cm³/mol. The second-order valence-electron chi connectivity index (χ2n) is 4.78. The summed E-state index contributed by atoms with van der Waals surface area (Å²) in [6.07, 6.45) is 0. The summed E-state index contributed by atoms with van der Waals surface area (Å²) in [7, 11) is -3.13. The Hall–Kier alpha value is -0.527. The summed E-state index contributed by atoms with van der Waals surface area (Å²) in [5, 5.41) is 2.70. The van der Waals surface area contributed by atoms with E-state index in [2.05, 4.69) is 0 Å². The van der Waals surface area contributed by atoms with Gasteiger partial charge in [-0.25, -0.2) is 0 Å². The topological polar surface area (TPSA) is 23.1 Å². The van der Waals surface area contributed by atoms with E-state index >= 15 is 0 Å². The van der Waals surface area contributed by atoms with Gasteiger partial charge in [0.05, 0.1) is 8.32 Å². The van der Waals surface area contributed by atoms with Gasteiger partial charge in [-0.1, -0.05) is 107 Å². The molecule has 0 spiro atoms. The monoisotopic (exact) mass is 314 g/mol. The van der Waals surface area contributed by atoms with E-state index < -0.39 is 8.32 Å².